The molecule has 1 unspecified atom stereocenters. The van der Waals surface area contributed by atoms with E-state index in [9.17, 15) is 0 Å². The second-order valence-electron chi connectivity index (χ2n) is 7.12. The van der Waals surface area contributed by atoms with Crippen molar-refractivity contribution in [3.63, 3.8) is 0 Å². The van der Waals surface area contributed by atoms with Gasteiger partial charge < -0.3 is 9.64 Å². The minimum absolute atomic E-state index is 0.622. The highest BCUT2D eigenvalue weighted by Gasteiger charge is 2.31. The maximum Gasteiger partial charge on any atom is 0.131 e. The highest BCUT2D eigenvalue weighted by molar-refractivity contribution is 9.10. The molecule has 0 aromatic heterocycles. The average molecular weight is 413 g/mol. The quantitative estimate of drug-likeness (QED) is 0.700. The molecular formula is C22H25BrN2O. The van der Waals surface area contributed by atoms with Gasteiger partial charge >= 0.3 is 0 Å². The molecule has 1 fully saturated rings. The summed E-state index contributed by atoms with van der Waals surface area (Å²) >= 11 is 3.58. The number of piperidine rings is 1. The van der Waals surface area contributed by atoms with E-state index in [1.807, 2.05) is 12.1 Å². The van der Waals surface area contributed by atoms with Crippen molar-refractivity contribution in [2.45, 2.75) is 38.1 Å². The predicted octanol–water partition coefficient (Wildman–Crippen LogP) is 4.86. The van der Waals surface area contributed by atoms with Gasteiger partial charge in [-0.1, -0.05) is 40.2 Å². The van der Waals surface area contributed by atoms with Crippen LogP contribution in [0.15, 0.2) is 51.9 Å². The first kappa shape index (κ1) is 17.6. The van der Waals surface area contributed by atoms with Gasteiger partial charge in [0.05, 0.1) is 19.7 Å². The molecule has 0 saturated carbocycles. The Hall–Kier alpha value is -1.81. The van der Waals surface area contributed by atoms with Crippen molar-refractivity contribution in [2.24, 2.45) is 4.99 Å². The highest BCUT2D eigenvalue weighted by atomic mass is 79.9. The maximum absolute atomic E-state index is 5.54. The van der Waals surface area contributed by atoms with Crippen LogP contribution in [-0.2, 0) is 12.8 Å². The molecule has 3 nitrogen and oxygen atoms in total. The summed E-state index contributed by atoms with van der Waals surface area (Å²) in [7, 11) is 1.74. The third-order valence-electron chi connectivity index (χ3n) is 5.52. The number of halogens is 1. The SMILES string of the molecule is COc1ccc(Br)cc1CCc1ccccc1C1=NCC2CCCCN12. The van der Waals surface area contributed by atoms with Crippen LogP contribution < -0.4 is 4.74 Å². The second kappa shape index (κ2) is 7.83. The topological polar surface area (TPSA) is 24.8 Å². The van der Waals surface area contributed by atoms with E-state index < -0.39 is 0 Å². The van der Waals surface area contributed by atoms with Gasteiger partial charge in [-0.3, -0.25) is 4.99 Å². The van der Waals surface area contributed by atoms with Crippen LogP contribution in [0.3, 0.4) is 0 Å². The number of nitrogens with zero attached hydrogens (tertiary/aromatic N) is 2. The van der Waals surface area contributed by atoms with E-state index in [0.29, 0.717) is 6.04 Å². The van der Waals surface area contributed by atoms with E-state index in [4.69, 9.17) is 9.73 Å². The molecule has 0 bridgehead atoms. The van der Waals surface area contributed by atoms with Crippen molar-refractivity contribution >= 4 is 21.8 Å². The van der Waals surface area contributed by atoms with Gasteiger partial charge in [-0.2, -0.15) is 0 Å². The largest absolute Gasteiger partial charge is 0.496 e. The van der Waals surface area contributed by atoms with Gasteiger partial charge in [0.2, 0.25) is 0 Å². The van der Waals surface area contributed by atoms with E-state index in [2.05, 4.69) is 51.2 Å². The molecule has 0 N–H and O–H groups in total. The fourth-order valence-electron chi connectivity index (χ4n) is 4.16. The number of methoxy groups -OCH3 is 1. The Bertz CT molecular complexity index is 818. The molecule has 136 valence electrons. The molecule has 2 aromatic rings. The third-order valence-corrected chi connectivity index (χ3v) is 6.01. The number of ether oxygens (including phenoxy) is 1. The number of amidine groups is 1. The van der Waals surface area contributed by atoms with Crippen LogP contribution in [0.1, 0.15) is 36.0 Å². The number of hydrogen-bond acceptors (Lipinski definition) is 3. The monoisotopic (exact) mass is 412 g/mol. The summed E-state index contributed by atoms with van der Waals surface area (Å²) in [4.78, 5) is 7.47. The Balaban J connectivity index is 1.56. The van der Waals surface area contributed by atoms with Crippen LogP contribution in [-0.4, -0.2) is 37.0 Å². The fourth-order valence-corrected chi connectivity index (χ4v) is 4.57. The first-order valence-corrected chi connectivity index (χ1v) is 10.3. The Morgan fingerprint density at radius 3 is 2.85 bits per heavy atom. The van der Waals surface area contributed by atoms with Crippen LogP contribution in [0.4, 0.5) is 0 Å². The lowest BCUT2D eigenvalue weighted by molar-refractivity contribution is 0.269. The zero-order valence-corrected chi connectivity index (χ0v) is 16.8. The van der Waals surface area contributed by atoms with E-state index >= 15 is 0 Å². The summed E-state index contributed by atoms with van der Waals surface area (Å²) in [5.74, 6) is 2.17. The first-order valence-electron chi connectivity index (χ1n) is 9.48. The first-order chi connectivity index (χ1) is 12.8. The lowest BCUT2D eigenvalue weighted by Gasteiger charge is -2.32. The average Bonchev–Trinajstić information content (AvgIpc) is 3.11. The molecule has 1 atom stereocenters. The smallest absolute Gasteiger partial charge is 0.131 e. The fraction of sp³-hybridized carbons (Fsp3) is 0.409. The predicted molar refractivity (Wildman–Crippen MR) is 110 cm³/mol. The molecule has 2 aliphatic rings. The molecule has 2 aromatic carbocycles. The van der Waals surface area contributed by atoms with Crippen molar-refractivity contribution in [2.75, 3.05) is 20.2 Å². The number of fused-ring (bicyclic) bond motifs is 1. The highest BCUT2D eigenvalue weighted by Crippen LogP contribution is 2.28. The number of aliphatic imine (C=N–C) groups is 1. The molecule has 2 aliphatic heterocycles. The zero-order valence-electron chi connectivity index (χ0n) is 15.2. The van der Waals surface area contributed by atoms with Gasteiger partial charge in [0.25, 0.3) is 0 Å². The summed E-state index contributed by atoms with van der Waals surface area (Å²) in [5, 5.41) is 0. The normalized spacial score (nSPS) is 19.2. The lowest BCUT2D eigenvalue weighted by atomic mass is 9.97. The summed E-state index contributed by atoms with van der Waals surface area (Å²) in [6.45, 7) is 2.11. The molecule has 4 heteroatoms. The summed E-state index contributed by atoms with van der Waals surface area (Å²) in [6, 6.07) is 15.6. The standard InChI is InChI=1S/C22H25BrN2O/c1-26-21-12-11-18(23)14-17(21)10-9-16-6-2-3-8-20(16)22-24-15-19-7-4-5-13-25(19)22/h2-3,6,8,11-12,14,19H,4-5,7,9-10,13,15H2,1H3. The van der Waals surface area contributed by atoms with Gasteiger partial charge in [0.1, 0.15) is 11.6 Å². The van der Waals surface area contributed by atoms with Crippen molar-refractivity contribution in [1.82, 2.24) is 4.90 Å². The van der Waals surface area contributed by atoms with E-state index in [-0.39, 0.29) is 0 Å². The minimum Gasteiger partial charge on any atom is -0.496 e. The summed E-state index contributed by atoms with van der Waals surface area (Å²) in [5.41, 5.74) is 3.92. The molecular weight excluding hydrogens is 388 g/mol. The Morgan fingerprint density at radius 2 is 1.96 bits per heavy atom. The molecule has 0 radical (unpaired) electrons. The van der Waals surface area contributed by atoms with Crippen LogP contribution in [0.25, 0.3) is 0 Å². The molecule has 0 spiro atoms. The second-order valence-corrected chi connectivity index (χ2v) is 8.04. The summed E-state index contributed by atoms with van der Waals surface area (Å²) in [6.07, 6.45) is 5.85. The van der Waals surface area contributed by atoms with E-state index in [0.717, 1.165) is 36.2 Å². The number of rotatable bonds is 5. The molecule has 2 heterocycles. The number of aryl methyl sites for hydroxylation is 2. The van der Waals surface area contributed by atoms with Gasteiger partial charge in [-0.25, -0.2) is 0 Å². The van der Waals surface area contributed by atoms with Crippen LogP contribution >= 0.6 is 15.9 Å². The molecule has 1 saturated heterocycles. The lowest BCUT2D eigenvalue weighted by Crippen LogP contribution is -2.40. The van der Waals surface area contributed by atoms with Crippen molar-refractivity contribution in [3.05, 3.63) is 63.6 Å². The van der Waals surface area contributed by atoms with Gasteiger partial charge in [-0.05, 0) is 61.4 Å². The molecule has 26 heavy (non-hydrogen) atoms. The van der Waals surface area contributed by atoms with Gasteiger partial charge in [0, 0.05) is 16.6 Å². The van der Waals surface area contributed by atoms with Gasteiger partial charge in [-0.15, -0.1) is 0 Å². The number of hydrogen-bond donors (Lipinski definition) is 0. The third kappa shape index (κ3) is 3.52. The maximum atomic E-state index is 5.54. The Morgan fingerprint density at radius 1 is 1.12 bits per heavy atom. The van der Waals surface area contributed by atoms with Crippen LogP contribution in [0.2, 0.25) is 0 Å². The van der Waals surface area contributed by atoms with Crippen molar-refractivity contribution in [3.8, 4) is 5.75 Å². The van der Waals surface area contributed by atoms with Crippen LogP contribution in [0, 0.1) is 0 Å². The van der Waals surface area contributed by atoms with Crippen molar-refractivity contribution in [1.29, 1.82) is 0 Å². The van der Waals surface area contributed by atoms with E-state index in [1.165, 1.54) is 41.8 Å². The van der Waals surface area contributed by atoms with Gasteiger partial charge in [0.15, 0.2) is 0 Å². The summed E-state index contributed by atoms with van der Waals surface area (Å²) < 4.78 is 6.63. The zero-order chi connectivity index (χ0) is 17.9. The Kier molecular flexibility index (Phi) is 5.30. The number of benzene rings is 2. The molecule has 0 amide bonds. The minimum atomic E-state index is 0.622. The van der Waals surface area contributed by atoms with Crippen LogP contribution in [0.5, 0.6) is 5.75 Å². The Labute approximate surface area is 164 Å². The van der Waals surface area contributed by atoms with Crippen molar-refractivity contribution < 1.29 is 4.74 Å². The van der Waals surface area contributed by atoms with E-state index in [1.54, 1.807) is 7.11 Å². The molecule has 4 rings (SSSR count). The molecule has 0 aliphatic carbocycles.